The molecule has 1 saturated heterocycles. The molecule has 3 aromatic rings. The van der Waals surface area contributed by atoms with Crippen LogP contribution in [0.4, 0.5) is 0 Å². The van der Waals surface area contributed by atoms with E-state index in [1.165, 1.54) is 25.7 Å². The van der Waals surface area contributed by atoms with Crippen LogP contribution < -0.4 is 5.32 Å². The second kappa shape index (κ2) is 8.03. The molecular weight excluding hydrogens is 364 g/mol. The van der Waals surface area contributed by atoms with E-state index < -0.39 is 0 Å². The lowest BCUT2D eigenvalue weighted by atomic mass is 10.1. The molecule has 6 heteroatoms. The molecule has 6 nitrogen and oxygen atoms in total. The van der Waals surface area contributed by atoms with Crippen LogP contribution in [0.2, 0.25) is 0 Å². The molecule has 0 radical (unpaired) electrons. The van der Waals surface area contributed by atoms with E-state index in [9.17, 15) is 4.79 Å². The Morgan fingerprint density at radius 1 is 1.14 bits per heavy atom. The molecule has 152 valence electrons. The minimum atomic E-state index is -0.105. The van der Waals surface area contributed by atoms with E-state index in [0.717, 1.165) is 43.0 Å². The Hall–Kier alpha value is -2.60. The number of amides is 1. The molecule has 1 atom stereocenters. The smallest absolute Gasteiger partial charge is 0.272 e. The van der Waals surface area contributed by atoms with E-state index in [-0.39, 0.29) is 11.9 Å². The first-order valence-electron chi connectivity index (χ1n) is 10.8. The number of carbonyl (C=O) groups excluding carboxylic acids is 1. The lowest BCUT2D eigenvalue weighted by Crippen LogP contribution is -2.38. The maximum Gasteiger partial charge on any atom is 0.272 e. The summed E-state index contributed by atoms with van der Waals surface area (Å²) in [5.41, 5.74) is 1.41. The summed E-state index contributed by atoms with van der Waals surface area (Å²) in [6, 6.07) is 9.93. The normalized spacial score (nSPS) is 19.2. The summed E-state index contributed by atoms with van der Waals surface area (Å²) in [6.07, 6.45) is 11.0. The van der Waals surface area contributed by atoms with Crippen LogP contribution >= 0.6 is 0 Å². The van der Waals surface area contributed by atoms with Crippen LogP contribution in [-0.2, 0) is 0 Å². The van der Waals surface area contributed by atoms with Gasteiger partial charge in [0.2, 0.25) is 0 Å². The Labute approximate surface area is 170 Å². The van der Waals surface area contributed by atoms with Crippen molar-refractivity contribution in [1.82, 2.24) is 19.6 Å². The average Bonchev–Trinajstić information content (AvgIpc) is 3.40. The van der Waals surface area contributed by atoms with Crippen LogP contribution in [0, 0.1) is 0 Å². The number of nitrogens with one attached hydrogen (secondary N) is 1. The van der Waals surface area contributed by atoms with Crippen molar-refractivity contribution in [1.29, 1.82) is 0 Å². The molecule has 4 heterocycles. The summed E-state index contributed by atoms with van der Waals surface area (Å²) >= 11 is 0. The van der Waals surface area contributed by atoms with E-state index in [2.05, 4.69) is 14.6 Å². The van der Waals surface area contributed by atoms with Crippen molar-refractivity contribution < 1.29 is 9.21 Å². The second-order valence-corrected chi connectivity index (χ2v) is 8.24. The molecule has 1 saturated carbocycles. The number of hydrogen-bond acceptors (Lipinski definition) is 4. The van der Waals surface area contributed by atoms with Gasteiger partial charge in [0, 0.05) is 18.7 Å². The molecule has 0 spiro atoms. The quantitative estimate of drug-likeness (QED) is 0.684. The van der Waals surface area contributed by atoms with Gasteiger partial charge in [-0.1, -0.05) is 18.9 Å². The van der Waals surface area contributed by atoms with Crippen LogP contribution in [0.1, 0.15) is 72.6 Å². The third-order valence-electron chi connectivity index (χ3n) is 6.14. The molecule has 1 amide bonds. The summed E-state index contributed by atoms with van der Waals surface area (Å²) in [7, 11) is 0. The predicted molar refractivity (Wildman–Crippen MR) is 111 cm³/mol. The van der Waals surface area contributed by atoms with Crippen LogP contribution in [0.3, 0.4) is 0 Å². The Bertz CT molecular complexity index is 966. The van der Waals surface area contributed by atoms with E-state index in [0.29, 0.717) is 18.2 Å². The number of fused-ring (bicyclic) bond motifs is 1. The lowest BCUT2D eigenvalue weighted by Gasteiger charge is -2.29. The fraction of sp³-hybridized carbons (Fsp3) is 0.478. The van der Waals surface area contributed by atoms with Crippen LogP contribution in [0.25, 0.3) is 5.52 Å². The van der Waals surface area contributed by atoms with Crippen LogP contribution in [0.15, 0.2) is 47.2 Å². The number of nitrogens with zero attached hydrogens (tertiary/aromatic N) is 3. The number of rotatable bonds is 6. The van der Waals surface area contributed by atoms with E-state index in [1.54, 1.807) is 6.26 Å². The van der Waals surface area contributed by atoms with Crippen LogP contribution in [0.5, 0.6) is 0 Å². The fourth-order valence-electron chi connectivity index (χ4n) is 4.43. The minimum absolute atomic E-state index is 0.0591. The standard InChI is InChI=1S/C23H28N4O2/c28-23(21-18-8-3-6-14-27(18)22(25-21)17-10-11-17)24-16-19(20-9-7-15-29-20)26-12-4-1-2-5-13-26/h3,6-9,14-15,17,19H,1-2,4-5,10-13,16H2,(H,24,28). The molecule has 1 aliphatic heterocycles. The molecule has 5 rings (SSSR count). The van der Waals surface area contributed by atoms with Gasteiger partial charge >= 0.3 is 0 Å². The fourth-order valence-corrected chi connectivity index (χ4v) is 4.43. The topological polar surface area (TPSA) is 62.8 Å². The van der Waals surface area contributed by atoms with Crippen molar-refractivity contribution >= 4 is 11.4 Å². The number of furan rings is 1. The summed E-state index contributed by atoms with van der Waals surface area (Å²) in [4.78, 5) is 20.3. The molecule has 1 aliphatic carbocycles. The highest BCUT2D eigenvalue weighted by Crippen LogP contribution is 2.40. The van der Waals surface area contributed by atoms with Gasteiger partial charge in [-0.25, -0.2) is 4.98 Å². The third kappa shape index (κ3) is 3.81. The Morgan fingerprint density at radius 3 is 2.69 bits per heavy atom. The van der Waals surface area contributed by atoms with Gasteiger partial charge in [-0.3, -0.25) is 9.69 Å². The monoisotopic (exact) mass is 392 g/mol. The molecule has 29 heavy (non-hydrogen) atoms. The highest BCUT2D eigenvalue weighted by molar-refractivity contribution is 5.99. The van der Waals surface area contributed by atoms with Crippen molar-refractivity contribution in [3.8, 4) is 0 Å². The molecule has 2 aliphatic rings. The van der Waals surface area contributed by atoms with Crippen molar-refractivity contribution in [2.24, 2.45) is 0 Å². The number of carbonyl (C=O) groups is 1. The predicted octanol–water partition coefficient (Wildman–Crippen LogP) is 4.15. The average molecular weight is 393 g/mol. The first-order chi connectivity index (χ1) is 14.3. The zero-order valence-corrected chi connectivity index (χ0v) is 16.7. The van der Waals surface area contributed by atoms with Gasteiger partial charge in [0.05, 0.1) is 17.8 Å². The summed E-state index contributed by atoms with van der Waals surface area (Å²) in [5.74, 6) is 2.31. The molecule has 2 fully saturated rings. The lowest BCUT2D eigenvalue weighted by molar-refractivity contribution is 0.0924. The zero-order valence-electron chi connectivity index (χ0n) is 16.7. The first kappa shape index (κ1) is 18.4. The number of aromatic nitrogens is 2. The maximum absolute atomic E-state index is 13.1. The van der Waals surface area contributed by atoms with E-state index >= 15 is 0 Å². The van der Waals surface area contributed by atoms with Crippen molar-refractivity contribution in [2.75, 3.05) is 19.6 Å². The Morgan fingerprint density at radius 2 is 1.97 bits per heavy atom. The Balaban J connectivity index is 1.36. The number of imidazole rings is 1. The van der Waals surface area contributed by atoms with Gasteiger partial charge in [0.15, 0.2) is 5.69 Å². The van der Waals surface area contributed by atoms with Crippen molar-refractivity contribution in [3.05, 3.63) is 60.1 Å². The molecule has 0 aromatic carbocycles. The largest absolute Gasteiger partial charge is 0.468 e. The van der Waals surface area contributed by atoms with Gasteiger partial charge < -0.3 is 14.1 Å². The van der Waals surface area contributed by atoms with Gasteiger partial charge in [-0.15, -0.1) is 0 Å². The number of pyridine rings is 1. The molecule has 3 aromatic heterocycles. The SMILES string of the molecule is O=C(NCC(c1ccco1)N1CCCCCC1)c1nc(C2CC2)n2ccccc12. The van der Waals surface area contributed by atoms with E-state index in [1.807, 2.05) is 36.5 Å². The number of likely N-dealkylation sites (tertiary alicyclic amines) is 1. The maximum atomic E-state index is 13.1. The molecule has 1 N–H and O–H groups in total. The van der Waals surface area contributed by atoms with Gasteiger partial charge in [-0.2, -0.15) is 0 Å². The summed E-state index contributed by atoms with van der Waals surface area (Å²) < 4.78 is 7.80. The Kier molecular flexibility index (Phi) is 5.10. The highest BCUT2D eigenvalue weighted by Gasteiger charge is 2.31. The molecule has 0 bridgehead atoms. The second-order valence-electron chi connectivity index (χ2n) is 8.24. The van der Waals surface area contributed by atoms with Gasteiger partial charge in [0.1, 0.15) is 11.6 Å². The van der Waals surface area contributed by atoms with E-state index in [4.69, 9.17) is 9.40 Å². The number of hydrogen-bond donors (Lipinski definition) is 1. The summed E-state index contributed by atoms with van der Waals surface area (Å²) in [6.45, 7) is 2.61. The zero-order chi connectivity index (χ0) is 19.6. The first-order valence-corrected chi connectivity index (χ1v) is 10.8. The molecular formula is C23H28N4O2. The molecule has 1 unspecified atom stereocenters. The van der Waals surface area contributed by atoms with Gasteiger partial charge in [-0.05, 0) is 63.0 Å². The van der Waals surface area contributed by atoms with Gasteiger partial charge in [0.25, 0.3) is 5.91 Å². The minimum Gasteiger partial charge on any atom is -0.468 e. The van der Waals surface area contributed by atoms with Crippen LogP contribution in [-0.4, -0.2) is 39.8 Å². The summed E-state index contributed by atoms with van der Waals surface area (Å²) in [5, 5.41) is 3.15. The van der Waals surface area contributed by atoms with Crippen molar-refractivity contribution in [2.45, 2.75) is 50.5 Å². The highest BCUT2D eigenvalue weighted by atomic mass is 16.3. The third-order valence-corrected chi connectivity index (χ3v) is 6.14. The van der Waals surface area contributed by atoms with Crippen molar-refractivity contribution in [3.63, 3.8) is 0 Å².